The van der Waals surface area contributed by atoms with Crippen molar-refractivity contribution < 1.29 is 4.74 Å². The van der Waals surface area contributed by atoms with Gasteiger partial charge in [-0.3, -0.25) is 11.3 Å². The third-order valence-electron chi connectivity index (χ3n) is 4.34. The van der Waals surface area contributed by atoms with Crippen LogP contribution in [-0.2, 0) is 0 Å². The molecule has 3 heteroatoms. The maximum absolute atomic E-state index is 5.84. The Morgan fingerprint density at radius 3 is 2.37 bits per heavy atom. The van der Waals surface area contributed by atoms with E-state index in [-0.39, 0.29) is 6.04 Å². The molecule has 0 bridgehead atoms. The van der Waals surface area contributed by atoms with E-state index in [2.05, 4.69) is 31.4 Å². The highest BCUT2D eigenvalue weighted by atomic mass is 16.5. The molecule has 1 aliphatic rings. The topological polar surface area (TPSA) is 47.3 Å². The Balaban J connectivity index is 2.23. The van der Waals surface area contributed by atoms with Crippen LogP contribution in [0.5, 0.6) is 5.75 Å². The molecule has 3 atom stereocenters. The average molecular weight is 262 g/mol. The van der Waals surface area contributed by atoms with Gasteiger partial charge in [0.25, 0.3) is 0 Å². The summed E-state index contributed by atoms with van der Waals surface area (Å²) in [5.41, 5.74) is 4.20. The summed E-state index contributed by atoms with van der Waals surface area (Å²) < 4.78 is 5.48. The van der Waals surface area contributed by atoms with Gasteiger partial charge < -0.3 is 4.74 Å². The second-order valence-electron chi connectivity index (χ2n) is 6.06. The molecule has 1 fully saturated rings. The molecule has 0 amide bonds. The van der Waals surface area contributed by atoms with E-state index in [0.717, 1.165) is 17.6 Å². The Morgan fingerprint density at radius 2 is 1.79 bits per heavy atom. The molecule has 3 nitrogen and oxygen atoms in total. The normalized spacial score (nSPS) is 28.9. The first-order chi connectivity index (χ1) is 9.15. The monoisotopic (exact) mass is 262 g/mol. The third kappa shape index (κ3) is 3.28. The van der Waals surface area contributed by atoms with E-state index in [1.165, 1.54) is 24.8 Å². The summed E-state index contributed by atoms with van der Waals surface area (Å²) in [6.07, 6.45) is 3.80. The van der Waals surface area contributed by atoms with Crippen molar-refractivity contribution in [3.63, 3.8) is 0 Å². The van der Waals surface area contributed by atoms with Crippen LogP contribution >= 0.6 is 0 Å². The molecule has 0 aliphatic heterocycles. The molecule has 3 unspecified atom stereocenters. The van der Waals surface area contributed by atoms with Crippen LogP contribution < -0.4 is 16.0 Å². The summed E-state index contributed by atoms with van der Waals surface area (Å²) in [5.74, 6) is 8.91. The van der Waals surface area contributed by atoms with Crippen LogP contribution in [0.3, 0.4) is 0 Å². The van der Waals surface area contributed by atoms with E-state index in [1.807, 2.05) is 12.1 Å². The van der Waals surface area contributed by atoms with Gasteiger partial charge in [0.1, 0.15) is 5.75 Å². The average Bonchev–Trinajstić information content (AvgIpc) is 2.39. The van der Waals surface area contributed by atoms with Crippen molar-refractivity contribution in [1.82, 2.24) is 5.43 Å². The zero-order chi connectivity index (χ0) is 13.8. The minimum atomic E-state index is 0.182. The summed E-state index contributed by atoms with van der Waals surface area (Å²) in [6, 6.07) is 8.36. The van der Waals surface area contributed by atoms with Gasteiger partial charge in [-0.2, -0.15) is 0 Å². The summed E-state index contributed by atoms with van der Waals surface area (Å²) in [5, 5.41) is 0. The van der Waals surface area contributed by atoms with Gasteiger partial charge in [0.05, 0.1) is 13.2 Å². The number of benzene rings is 1. The number of nitrogens with two attached hydrogens (primary N) is 1. The Hall–Kier alpha value is -1.06. The molecule has 1 aromatic carbocycles. The van der Waals surface area contributed by atoms with Gasteiger partial charge in [0.15, 0.2) is 0 Å². The molecule has 0 heterocycles. The van der Waals surface area contributed by atoms with Crippen molar-refractivity contribution in [2.75, 3.05) is 7.11 Å². The van der Waals surface area contributed by atoms with E-state index < -0.39 is 0 Å². The molecule has 1 saturated carbocycles. The van der Waals surface area contributed by atoms with E-state index in [0.29, 0.717) is 5.92 Å². The van der Waals surface area contributed by atoms with Crippen LogP contribution in [0.1, 0.15) is 44.7 Å². The maximum Gasteiger partial charge on any atom is 0.123 e. The van der Waals surface area contributed by atoms with Crippen LogP contribution in [0.15, 0.2) is 24.3 Å². The number of methoxy groups -OCH3 is 1. The SMILES string of the molecule is COc1ccccc1C(NN)C1CC(C)CC(C)C1. The molecule has 2 rings (SSSR count). The summed E-state index contributed by atoms with van der Waals surface area (Å²) in [7, 11) is 1.72. The number of nitrogens with one attached hydrogen (secondary N) is 1. The van der Waals surface area contributed by atoms with E-state index in [9.17, 15) is 0 Å². The smallest absolute Gasteiger partial charge is 0.123 e. The highest BCUT2D eigenvalue weighted by Gasteiger charge is 2.31. The fraction of sp³-hybridized carbons (Fsp3) is 0.625. The molecule has 19 heavy (non-hydrogen) atoms. The highest BCUT2D eigenvalue weighted by Crippen LogP contribution is 2.41. The molecular weight excluding hydrogens is 236 g/mol. The van der Waals surface area contributed by atoms with Gasteiger partial charge in [-0.05, 0) is 43.1 Å². The van der Waals surface area contributed by atoms with Gasteiger partial charge in [-0.25, -0.2) is 0 Å². The number of hydrogen-bond donors (Lipinski definition) is 2. The molecule has 3 N–H and O–H groups in total. The molecule has 0 aromatic heterocycles. The molecule has 1 aromatic rings. The van der Waals surface area contributed by atoms with Gasteiger partial charge in [0, 0.05) is 5.56 Å². The number of para-hydroxylation sites is 1. The van der Waals surface area contributed by atoms with Crippen LogP contribution in [0.4, 0.5) is 0 Å². The van der Waals surface area contributed by atoms with Gasteiger partial charge in [0.2, 0.25) is 0 Å². The first kappa shape index (κ1) is 14.4. The van der Waals surface area contributed by atoms with Gasteiger partial charge in [-0.15, -0.1) is 0 Å². The van der Waals surface area contributed by atoms with Crippen molar-refractivity contribution in [3.8, 4) is 5.75 Å². The lowest BCUT2D eigenvalue weighted by molar-refractivity contribution is 0.175. The molecule has 106 valence electrons. The first-order valence-electron chi connectivity index (χ1n) is 7.24. The maximum atomic E-state index is 5.84. The van der Waals surface area contributed by atoms with Crippen LogP contribution in [-0.4, -0.2) is 7.11 Å². The van der Waals surface area contributed by atoms with Gasteiger partial charge in [-0.1, -0.05) is 32.0 Å². The van der Waals surface area contributed by atoms with Crippen molar-refractivity contribution in [1.29, 1.82) is 0 Å². The largest absolute Gasteiger partial charge is 0.496 e. The second kappa shape index (κ2) is 6.40. The first-order valence-corrected chi connectivity index (χ1v) is 7.24. The predicted molar refractivity (Wildman–Crippen MR) is 78.7 cm³/mol. The van der Waals surface area contributed by atoms with E-state index in [4.69, 9.17) is 10.6 Å². The number of hydrogen-bond acceptors (Lipinski definition) is 3. The van der Waals surface area contributed by atoms with Crippen molar-refractivity contribution in [2.45, 2.75) is 39.2 Å². The summed E-state index contributed by atoms with van der Waals surface area (Å²) in [4.78, 5) is 0. The molecule has 0 radical (unpaired) electrons. The lowest BCUT2D eigenvalue weighted by Crippen LogP contribution is -2.37. The Kier molecular flexibility index (Phi) is 4.83. The third-order valence-corrected chi connectivity index (χ3v) is 4.34. The molecule has 1 aliphatic carbocycles. The zero-order valence-corrected chi connectivity index (χ0v) is 12.2. The zero-order valence-electron chi connectivity index (χ0n) is 12.2. The number of hydrazine groups is 1. The Labute approximate surface area is 116 Å². The fourth-order valence-corrected chi connectivity index (χ4v) is 3.68. The lowest BCUT2D eigenvalue weighted by Gasteiger charge is -2.36. The van der Waals surface area contributed by atoms with Gasteiger partial charge >= 0.3 is 0 Å². The van der Waals surface area contributed by atoms with Crippen molar-refractivity contribution in [2.24, 2.45) is 23.6 Å². The van der Waals surface area contributed by atoms with E-state index >= 15 is 0 Å². The van der Waals surface area contributed by atoms with Crippen molar-refractivity contribution in [3.05, 3.63) is 29.8 Å². The minimum Gasteiger partial charge on any atom is -0.496 e. The number of ether oxygens (including phenoxy) is 1. The number of rotatable bonds is 4. The predicted octanol–water partition coefficient (Wildman–Crippen LogP) is 3.27. The Bertz CT molecular complexity index is 397. The molecule has 0 spiro atoms. The standard InChI is InChI=1S/C16H26N2O/c1-11-8-12(2)10-13(9-11)16(18-17)14-6-4-5-7-15(14)19-3/h4-7,11-13,16,18H,8-10,17H2,1-3H3. The minimum absolute atomic E-state index is 0.182. The van der Waals surface area contributed by atoms with Crippen LogP contribution in [0.2, 0.25) is 0 Å². The van der Waals surface area contributed by atoms with E-state index in [1.54, 1.807) is 7.11 Å². The fourth-order valence-electron chi connectivity index (χ4n) is 3.68. The van der Waals surface area contributed by atoms with Crippen LogP contribution in [0, 0.1) is 17.8 Å². The van der Waals surface area contributed by atoms with Crippen LogP contribution in [0.25, 0.3) is 0 Å². The molecular formula is C16H26N2O. The molecule has 0 saturated heterocycles. The summed E-state index contributed by atoms with van der Waals surface area (Å²) >= 11 is 0. The van der Waals surface area contributed by atoms with Crippen molar-refractivity contribution >= 4 is 0 Å². The highest BCUT2D eigenvalue weighted by molar-refractivity contribution is 5.36. The summed E-state index contributed by atoms with van der Waals surface area (Å²) in [6.45, 7) is 4.69. The lowest BCUT2D eigenvalue weighted by atomic mass is 9.72. The Morgan fingerprint density at radius 1 is 1.16 bits per heavy atom. The quantitative estimate of drug-likeness (QED) is 0.646. The second-order valence-corrected chi connectivity index (χ2v) is 6.06.